The normalized spacial score (nSPS) is 15.4. The van der Waals surface area contributed by atoms with Gasteiger partial charge in [-0.15, -0.1) is 0 Å². The fraction of sp³-hybridized carbons (Fsp3) is 0.350. The number of benzene rings is 1. The molecule has 1 fully saturated rings. The van der Waals surface area contributed by atoms with Crippen molar-refractivity contribution in [3.63, 3.8) is 0 Å². The number of aromatic nitrogens is 1. The molecule has 7 heteroatoms. The molecular formula is C20H24N4O3. The zero-order valence-electron chi connectivity index (χ0n) is 15.6. The average Bonchev–Trinajstić information content (AvgIpc) is 2.70. The van der Waals surface area contributed by atoms with Crippen molar-refractivity contribution in [1.29, 1.82) is 0 Å². The number of anilines is 2. The predicted molar refractivity (Wildman–Crippen MR) is 104 cm³/mol. The van der Waals surface area contributed by atoms with Crippen LogP contribution in [-0.4, -0.2) is 53.5 Å². The number of hydrogen-bond donors (Lipinski definition) is 2. The number of aliphatic hydroxyl groups excluding tert-OH is 1. The third kappa shape index (κ3) is 4.25. The van der Waals surface area contributed by atoms with E-state index in [0.29, 0.717) is 43.8 Å². The van der Waals surface area contributed by atoms with Gasteiger partial charge in [0.2, 0.25) is 6.41 Å². The first-order chi connectivity index (χ1) is 13.0. The molecule has 0 spiro atoms. The second-order valence-electron chi connectivity index (χ2n) is 6.74. The highest BCUT2D eigenvalue weighted by Crippen LogP contribution is 2.23. The number of amides is 2. The zero-order chi connectivity index (χ0) is 19.4. The van der Waals surface area contributed by atoms with Crippen LogP contribution in [0.15, 0.2) is 36.5 Å². The largest absolute Gasteiger partial charge is 0.378 e. The van der Waals surface area contributed by atoms with Crippen LogP contribution in [0.4, 0.5) is 11.5 Å². The Hall–Kier alpha value is -2.93. The van der Waals surface area contributed by atoms with Gasteiger partial charge >= 0.3 is 0 Å². The van der Waals surface area contributed by atoms with Crippen LogP contribution < -0.4 is 10.2 Å². The van der Waals surface area contributed by atoms with Crippen LogP contribution in [-0.2, 0) is 9.59 Å². The van der Waals surface area contributed by atoms with E-state index in [9.17, 15) is 14.7 Å². The Morgan fingerprint density at radius 3 is 2.56 bits per heavy atom. The van der Waals surface area contributed by atoms with E-state index in [2.05, 4.69) is 15.2 Å². The van der Waals surface area contributed by atoms with Gasteiger partial charge < -0.3 is 20.2 Å². The molecule has 1 saturated heterocycles. The second kappa shape index (κ2) is 8.18. The maximum atomic E-state index is 12.7. The monoisotopic (exact) mass is 368 g/mol. The average molecular weight is 368 g/mol. The summed E-state index contributed by atoms with van der Waals surface area (Å²) in [5, 5.41) is 13.1. The summed E-state index contributed by atoms with van der Waals surface area (Å²) in [6.45, 7) is 6.17. The number of pyridine rings is 1. The van der Waals surface area contributed by atoms with Gasteiger partial charge in [0.1, 0.15) is 5.82 Å². The van der Waals surface area contributed by atoms with E-state index in [1.807, 2.05) is 38.1 Å². The van der Waals surface area contributed by atoms with Crippen molar-refractivity contribution in [2.24, 2.45) is 0 Å². The van der Waals surface area contributed by atoms with Gasteiger partial charge in [-0.05, 0) is 37.1 Å². The predicted octanol–water partition coefficient (Wildman–Crippen LogP) is 1.65. The quantitative estimate of drug-likeness (QED) is 0.784. The molecule has 1 aromatic heterocycles. The Labute approximate surface area is 158 Å². The number of aliphatic hydroxyl groups is 1. The Balaban J connectivity index is 1.62. The summed E-state index contributed by atoms with van der Waals surface area (Å²) in [6.07, 6.45) is 1.08. The van der Waals surface area contributed by atoms with E-state index >= 15 is 0 Å². The lowest BCUT2D eigenvalue weighted by atomic mass is 10.00. The lowest BCUT2D eigenvalue weighted by molar-refractivity contribution is -0.140. The van der Waals surface area contributed by atoms with E-state index in [0.717, 1.165) is 16.9 Å². The van der Waals surface area contributed by atoms with Crippen molar-refractivity contribution in [1.82, 2.24) is 9.88 Å². The van der Waals surface area contributed by atoms with Crippen molar-refractivity contribution in [2.45, 2.75) is 20.0 Å². The maximum Gasteiger partial charge on any atom is 0.256 e. The van der Waals surface area contributed by atoms with E-state index in [4.69, 9.17) is 0 Å². The Morgan fingerprint density at radius 1 is 1.19 bits per heavy atom. The van der Waals surface area contributed by atoms with Crippen LogP contribution in [0.1, 0.15) is 22.8 Å². The first-order valence-corrected chi connectivity index (χ1v) is 8.95. The SMILES string of the molecule is Cc1ccc(C)c(C(O)C(=O)N2CCN(c3ccc(NC=O)cn3)CC2)c1. The highest BCUT2D eigenvalue weighted by molar-refractivity contribution is 5.82. The first-order valence-electron chi connectivity index (χ1n) is 8.95. The highest BCUT2D eigenvalue weighted by Gasteiger charge is 2.28. The molecular weight excluding hydrogens is 344 g/mol. The van der Waals surface area contributed by atoms with Crippen LogP contribution in [0.3, 0.4) is 0 Å². The van der Waals surface area contributed by atoms with Gasteiger partial charge in [-0.1, -0.05) is 23.8 Å². The molecule has 1 aliphatic heterocycles. The number of carbonyl (C=O) groups is 2. The number of nitrogens with one attached hydrogen (secondary N) is 1. The fourth-order valence-electron chi connectivity index (χ4n) is 3.24. The highest BCUT2D eigenvalue weighted by atomic mass is 16.3. The molecule has 0 radical (unpaired) electrons. The Bertz CT molecular complexity index is 814. The summed E-state index contributed by atoms with van der Waals surface area (Å²) < 4.78 is 0. The fourth-order valence-corrected chi connectivity index (χ4v) is 3.24. The molecule has 0 bridgehead atoms. The van der Waals surface area contributed by atoms with Crippen LogP contribution >= 0.6 is 0 Å². The molecule has 2 amide bonds. The number of nitrogens with zero attached hydrogens (tertiary/aromatic N) is 3. The minimum atomic E-state index is -1.14. The first kappa shape index (κ1) is 18.8. The van der Waals surface area contributed by atoms with Crippen LogP contribution in [0.25, 0.3) is 0 Å². The summed E-state index contributed by atoms with van der Waals surface area (Å²) >= 11 is 0. The van der Waals surface area contributed by atoms with Crippen molar-refractivity contribution in [2.75, 3.05) is 36.4 Å². The Morgan fingerprint density at radius 2 is 1.93 bits per heavy atom. The van der Waals surface area contributed by atoms with Crippen LogP contribution in [0.5, 0.6) is 0 Å². The van der Waals surface area contributed by atoms with Gasteiger partial charge in [-0.2, -0.15) is 0 Å². The third-order valence-corrected chi connectivity index (χ3v) is 4.85. The Kier molecular flexibility index (Phi) is 5.71. The standard InChI is InChI=1S/C20H24N4O3/c1-14-3-4-15(2)17(11-14)19(26)20(27)24-9-7-23(8-10-24)18-6-5-16(12-21-18)22-13-25/h3-6,11-13,19,26H,7-10H2,1-2H3,(H,22,25). The van der Waals surface area contributed by atoms with E-state index in [1.54, 1.807) is 17.2 Å². The number of hydrogen-bond acceptors (Lipinski definition) is 5. The van der Waals surface area contributed by atoms with Crippen molar-refractivity contribution >= 4 is 23.8 Å². The van der Waals surface area contributed by atoms with E-state index < -0.39 is 6.10 Å². The molecule has 27 heavy (non-hydrogen) atoms. The molecule has 1 atom stereocenters. The summed E-state index contributed by atoms with van der Waals surface area (Å²) in [5.74, 6) is 0.537. The van der Waals surface area contributed by atoms with Gasteiger partial charge in [0.05, 0.1) is 11.9 Å². The molecule has 7 nitrogen and oxygen atoms in total. The van der Waals surface area contributed by atoms with Crippen LogP contribution in [0.2, 0.25) is 0 Å². The molecule has 1 unspecified atom stereocenters. The molecule has 0 aliphatic carbocycles. The minimum absolute atomic E-state index is 0.262. The molecule has 2 N–H and O–H groups in total. The molecule has 3 rings (SSSR count). The lowest BCUT2D eigenvalue weighted by Gasteiger charge is -2.36. The molecule has 142 valence electrons. The summed E-state index contributed by atoms with van der Waals surface area (Å²) in [7, 11) is 0. The van der Waals surface area contributed by atoms with Gasteiger partial charge in [-0.25, -0.2) is 4.98 Å². The molecule has 2 heterocycles. The molecule has 0 saturated carbocycles. The number of rotatable bonds is 5. The van der Waals surface area contributed by atoms with Crippen molar-refractivity contribution in [3.8, 4) is 0 Å². The third-order valence-electron chi connectivity index (χ3n) is 4.85. The lowest BCUT2D eigenvalue weighted by Crippen LogP contribution is -2.50. The van der Waals surface area contributed by atoms with Gasteiger partial charge in [-0.3, -0.25) is 9.59 Å². The van der Waals surface area contributed by atoms with E-state index in [1.165, 1.54) is 0 Å². The zero-order valence-corrected chi connectivity index (χ0v) is 15.6. The summed E-state index contributed by atoms with van der Waals surface area (Å²) in [6, 6.07) is 9.39. The van der Waals surface area contributed by atoms with Crippen LogP contribution in [0, 0.1) is 13.8 Å². The van der Waals surface area contributed by atoms with Gasteiger partial charge in [0.15, 0.2) is 6.10 Å². The van der Waals surface area contributed by atoms with Gasteiger partial charge in [0, 0.05) is 26.2 Å². The molecule has 2 aromatic rings. The minimum Gasteiger partial charge on any atom is -0.378 e. The van der Waals surface area contributed by atoms with E-state index in [-0.39, 0.29) is 5.91 Å². The number of piperazine rings is 1. The smallest absolute Gasteiger partial charge is 0.256 e. The number of carbonyl (C=O) groups excluding carboxylic acids is 2. The molecule has 1 aromatic carbocycles. The van der Waals surface area contributed by atoms with Crippen molar-refractivity contribution in [3.05, 3.63) is 53.2 Å². The maximum absolute atomic E-state index is 12.7. The van der Waals surface area contributed by atoms with Gasteiger partial charge in [0.25, 0.3) is 5.91 Å². The summed E-state index contributed by atoms with van der Waals surface area (Å²) in [4.78, 5) is 31.3. The second-order valence-corrected chi connectivity index (χ2v) is 6.74. The number of aryl methyl sites for hydroxylation is 2. The van der Waals surface area contributed by atoms with Crippen molar-refractivity contribution < 1.29 is 14.7 Å². The topological polar surface area (TPSA) is 85.8 Å². The molecule has 1 aliphatic rings. The summed E-state index contributed by atoms with van der Waals surface area (Å²) in [5.41, 5.74) is 3.24.